The van der Waals surface area contributed by atoms with E-state index in [-0.39, 0.29) is 29.6 Å². The molecule has 2 aromatic heterocycles. The summed E-state index contributed by atoms with van der Waals surface area (Å²) in [7, 11) is 0. The third-order valence-electron chi connectivity index (χ3n) is 7.84. The zero-order valence-corrected chi connectivity index (χ0v) is 24.1. The number of hydrogen-bond acceptors (Lipinski definition) is 6. The fraction of sp³-hybridized carbons (Fsp3) is 0.242. The summed E-state index contributed by atoms with van der Waals surface area (Å²) in [6.07, 6.45) is 5.81. The van der Waals surface area contributed by atoms with Gasteiger partial charge in [-0.2, -0.15) is 5.10 Å². The van der Waals surface area contributed by atoms with Gasteiger partial charge in [-0.05, 0) is 42.3 Å². The van der Waals surface area contributed by atoms with Crippen molar-refractivity contribution in [2.75, 3.05) is 13.2 Å². The Labute approximate surface area is 248 Å². The van der Waals surface area contributed by atoms with Crippen molar-refractivity contribution in [2.24, 2.45) is 17.0 Å². The summed E-state index contributed by atoms with van der Waals surface area (Å²) in [6, 6.07) is 19.1. The zero-order chi connectivity index (χ0) is 30.1. The molecule has 10 heteroatoms. The molecule has 6 rings (SSSR count). The molecule has 1 unspecified atom stereocenters. The molecule has 1 aliphatic heterocycles. The van der Waals surface area contributed by atoms with Crippen LogP contribution in [0.4, 0.5) is 8.78 Å². The highest BCUT2D eigenvalue weighted by molar-refractivity contribution is 5.85. The maximum absolute atomic E-state index is 15.6. The number of hydrazine groups is 1. The van der Waals surface area contributed by atoms with Crippen LogP contribution >= 0.6 is 0 Å². The molecular weight excluding hydrogens is 550 g/mol. The zero-order valence-electron chi connectivity index (χ0n) is 24.1. The first-order valence-electron chi connectivity index (χ1n) is 14.1. The van der Waals surface area contributed by atoms with Gasteiger partial charge >= 0.3 is 0 Å². The van der Waals surface area contributed by atoms with Crippen LogP contribution in [-0.2, 0) is 11.3 Å². The number of nitrogens with zero attached hydrogens (tertiary/aromatic N) is 3. The van der Waals surface area contributed by atoms with Crippen molar-refractivity contribution in [3.63, 3.8) is 0 Å². The first-order valence-corrected chi connectivity index (χ1v) is 14.1. The summed E-state index contributed by atoms with van der Waals surface area (Å²) in [6.45, 7) is 4.84. The van der Waals surface area contributed by atoms with Gasteiger partial charge in [-0.25, -0.2) is 14.6 Å². The van der Waals surface area contributed by atoms with Gasteiger partial charge in [0.25, 0.3) is 0 Å². The number of fused-ring (bicyclic) bond motifs is 8. The molecule has 3 aromatic carbocycles. The van der Waals surface area contributed by atoms with E-state index < -0.39 is 17.0 Å². The Morgan fingerprint density at radius 1 is 1.02 bits per heavy atom. The van der Waals surface area contributed by atoms with Gasteiger partial charge in [0.2, 0.25) is 0 Å². The smallest absolute Gasteiger partial charge is 0.168 e. The fourth-order valence-electron chi connectivity index (χ4n) is 5.34. The van der Waals surface area contributed by atoms with Crippen LogP contribution in [0.15, 0.2) is 91.0 Å². The van der Waals surface area contributed by atoms with Crippen LogP contribution in [0.2, 0.25) is 0 Å². The number of ether oxygens (including phenoxy) is 2. The molecule has 8 nitrogen and oxygen atoms in total. The maximum Gasteiger partial charge on any atom is 0.168 e. The normalized spacial score (nSPS) is 19.0. The molecule has 0 radical (unpaired) electrons. The van der Waals surface area contributed by atoms with Crippen LogP contribution in [-0.4, -0.2) is 33.0 Å². The monoisotopic (exact) mass is 584 g/mol. The van der Waals surface area contributed by atoms with Gasteiger partial charge in [-0.3, -0.25) is 4.68 Å². The minimum absolute atomic E-state index is 0.0118. The lowest BCUT2D eigenvalue weighted by atomic mass is 9.91. The molecule has 5 N–H and O–H groups in total. The number of halogens is 2. The second-order valence-electron chi connectivity index (χ2n) is 11.4. The van der Waals surface area contributed by atoms with Crippen LogP contribution in [0, 0.1) is 17.0 Å². The molecular formula is C33H34F2N6O2. The average Bonchev–Trinajstić information content (AvgIpc) is 3.66. The van der Waals surface area contributed by atoms with Crippen molar-refractivity contribution in [3.05, 3.63) is 114 Å². The first kappa shape index (κ1) is 28.4. The van der Waals surface area contributed by atoms with Crippen molar-refractivity contribution < 1.29 is 18.3 Å². The summed E-state index contributed by atoms with van der Waals surface area (Å²) >= 11 is 0. The van der Waals surface area contributed by atoms with Crippen molar-refractivity contribution >= 4 is 10.9 Å². The molecule has 0 saturated carbocycles. The van der Waals surface area contributed by atoms with E-state index in [0.29, 0.717) is 42.1 Å². The molecule has 43 heavy (non-hydrogen) atoms. The first-order chi connectivity index (χ1) is 20.7. The highest BCUT2D eigenvalue weighted by atomic mass is 19.1. The van der Waals surface area contributed by atoms with Gasteiger partial charge in [0, 0.05) is 64.4 Å². The number of H-pyrrole nitrogens is 1. The molecule has 4 bridgehead atoms. The van der Waals surface area contributed by atoms with E-state index in [1.165, 1.54) is 29.3 Å². The molecule has 0 aliphatic carbocycles. The number of aromatic nitrogens is 3. The van der Waals surface area contributed by atoms with Crippen molar-refractivity contribution in [2.45, 2.75) is 32.9 Å². The van der Waals surface area contributed by atoms with Crippen LogP contribution in [0.5, 0.6) is 11.5 Å². The summed E-state index contributed by atoms with van der Waals surface area (Å²) in [5, 5.41) is 6.91. The Bertz CT molecular complexity index is 1780. The van der Waals surface area contributed by atoms with Crippen molar-refractivity contribution in [1.82, 2.24) is 19.8 Å². The second-order valence-corrected chi connectivity index (χ2v) is 11.4. The Morgan fingerprint density at radius 3 is 2.65 bits per heavy atom. The molecule has 0 spiro atoms. The Kier molecular flexibility index (Phi) is 7.64. The van der Waals surface area contributed by atoms with E-state index in [2.05, 4.69) is 4.98 Å². The number of hydrogen-bond donors (Lipinski definition) is 3. The van der Waals surface area contributed by atoms with E-state index in [9.17, 15) is 0 Å². The minimum Gasteiger partial charge on any atom is -0.454 e. The average molecular weight is 585 g/mol. The second kappa shape index (κ2) is 11.5. The van der Waals surface area contributed by atoms with Gasteiger partial charge in [0.05, 0.1) is 24.9 Å². The number of nitrogens with two attached hydrogens (primary N) is 2. The molecule has 222 valence electrons. The van der Waals surface area contributed by atoms with Gasteiger partial charge in [-0.15, -0.1) is 0 Å². The van der Waals surface area contributed by atoms with Crippen molar-refractivity contribution in [3.8, 4) is 22.8 Å². The molecule has 0 amide bonds. The Morgan fingerprint density at radius 2 is 1.84 bits per heavy atom. The molecule has 1 aliphatic rings. The molecule has 5 aromatic rings. The largest absolute Gasteiger partial charge is 0.454 e. The Hall–Kier alpha value is -4.67. The topological polar surface area (TPSA) is 107 Å². The predicted octanol–water partition coefficient (Wildman–Crippen LogP) is 6.61. The lowest BCUT2D eigenvalue weighted by Crippen LogP contribution is -2.32. The number of benzene rings is 3. The third-order valence-corrected chi connectivity index (χ3v) is 7.84. The highest BCUT2D eigenvalue weighted by Crippen LogP contribution is 2.37. The van der Waals surface area contributed by atoms with Crippen LogP contribution in [0.1, 0.15) is 37.4 Å². The summed E-state index contributed by atoms with van der Waals surface area (Å²) < 4.78 is 44.8. The molecule has 0 fully saturated rings. The number of aromatic amines is 1. The summed E-state index contributed by atoms with van der Waals surface area (Å²) in [5.41, 5.74) is 9.30. The van der Waals surface area contributed by atoms with E-state index in [1.807, 2.05) is 61.1 Å². The lowest BCUT2D eigenvalue weighted by Gasteiger charge is -2.28. The Balaban J connectivity index is 1.47. The highest BCUT2D eigenvalue weighted by Gasteiger charge is 2.25. The van der Waals surface area contributed by atoms with E-state index in [4.69, 9.17) is 26.1 Å². The fourth-order valence-corrected chi connectivity index (χ4v) is 5.34. The quantitative estimate of drug-likeness (QED) is 0.191. The summed E-state index contributed by atoms with van der Waals surface area (Å²) in [4.78, 5) is 3.04. The van der Waals surface area contributed by atoms with Crippen LogP contribution in [0.25, 0.3) is 22.2 Å². The number of rotatable bonds is 1. The third kappa shape index (κ3) is 5.84. The molecule has 0 saturated heterocycles. The maximum atomic E-state index is 15.6. The standard InChI is InChI=1S/C33H34F2N6O2/c1-33(2)20-42-15-12-30(21-6-4-3-5-7-21)41-14-11-28(39-41)24-16-22(8-9-26(24)34)43-32-25(18-40(37)19-31(33)36)23-10-13-38-29(23)17-27(32)35/h3-11,13-14,16-17,19,30,38H,12,15,18,20,36-37H2,1-2H3/b31-19-. The minimum atomic E-state index is -0.587. The van der Waals surface area contributed by atoms with Crippen molar-refractivity contribution in [1.29, 1.82) is 0 Å². The van der Waals surface area contributed by atoms with Crippen LogP contribution < -0.4 is 16.3 Å². The van der Waals surface area contributed by atoms with E-state index in [1.54, 1.807) is 18.5 Å². The van der Waals surface area contributed by atoms with E-state index >= 15 is 8.78 Å². The molecule has 3 heterocycles. The van der Waals surface area contributed by atoms with E-state index in [0.717, 1.165) is 10.9 Å². The van der Waals surface area contributed by atoms with Gasteiger partial charge in [0.15, 0.2) is 11.6 Å². The van der Waals surface area contributed by atoms with Gasteiger partial charge in [0.1, 0.15) is 11.6 Å². The lowest BCUT2D eigenvalue weighted by molar-refractivity contribution is 0.0703. The summed E-state index contributed by atoms with van der Waals surface area (Å²) in [5.74, 6) is 5.60. The van der Waals surface area contributed by atoms with Gasteiger partial charge in [-0.1, -0.05) is 44.2 Å². The molecule has 1 atom stereocenters. The SMILES string of the molecule is CC1(C)COCCC(c2ccccc2)n2ccc(n2)-c2cc(ccc2F)Oc2c(F)cc3[nH]ccc3c2CN(N)/C=C/1N. The number of nitrogens with one attached hydrogen (secondary N) is 1. The predicted molar refractivity (Wildman–Crippen MR) is 162 cm³/mol. The van der Waals surface area contributed by atoms with Gasteiger partial charge < -0.3 is 25.2 Å². The van der Waals surface area contributed by atoms with Crippen LogP contribution in [0.3, 0.4) is 0 Å².